The molecule has 0 radical (unpaired) electrons. The van der Waals surface area contributed by atoms with Crippen molar-refractivity contribution in [3.05, 3.63) is 68.7 Å². The number of benzene rings is 3. The second kappa shape index (κ2) is 9.91. The molecule has 3 aromatic carbocycles. The summed E-state index contributed by atoms with van der Waals surface area (Å²) in [6.07, 6.45) is 3.07. The first kappa shape index (κ1) is 28.3. The number of nitrogens with zero attached hydrogens (tertiary/aromatic N) is 1. The Morgan fingerprint density at radius 3 is 2.48 bits per heavy atom. The van der Waals surface area contributed by atoms with Crippen molar-refractivity contribution < 1.29 is 34.1 Å². The fourth-order valence-corrected chi connectivity index (χ4v) is 9.21. The molecule has 2 aliphatic heterocycles. The molecule has 0 amide bonds. The average molecular weight is 637 g/mol. The molecular formula is C34H31Cl2NO7. The monoisotopic (exact) mass is 635 g/mol. The molecule has 8 nitrogen and oxygen atoms in total. The van der Waals surface area contributed by atoms with Crippen LogP contribution in [0.15, 0.2) is 36.4 Å². The van der Waals surface area contributed by atoms with Crippen LogP contribution in [0.25, 0.3) is 10.8 Å². The van der Waals surface area contributed by atoms with Gasteiger partial charge in [0, 0.05) is 34.6 Å². The third-order valence-electron chi connectivity index (χ3n) is 10.6. The summed E-state index contributed by atoms with van der Waals surface area (Å²) in [7, 11) is 0. The average Bonchev–Trinajstić information content (AvgIpc) is 3.69. The lowest BCUT2D eigenvalue weighted by Crippen LogP contribution is -2.76. The Kier molecular flexibility index (Phi) is 6.38. The van der Waals surface area contributed by atoms with Crippen LogP contribution in [-0.4, -0.2) is 63.7 Å². The molecule has 0 aromatic heterocycles. The summed E-state index contributed by atoms with van der Waals surface area (Å²) in [5.41, 5.74) is 0.857. The number of hydrogen-bond donors (Lipinski definition) is 2. The van der Waals surface area contributed by atoms with Gasteiger partial charge in [0.2, 0.25) is 0 Å². The Hall–Kier alpha value is -3.17. The predicted octanol–water partition coefficient (Wildman–Crippen LogP) is 5.06. The van der Waals surface area contributed by atoms with Crippen molar-refractivity contribution in [3.63, 3.8) is 0 Å². The fourth-order valence-electron chi connectivity index (χ4n) is 8.71. The van der Waals surface area contributed by atoms with Crippen molar-refractivity contribution >= 4 is 51.7 Å². The minimum absolute atomic E-state index is 0.0274. The summed E-state index contributed by atoms with van der Waals surface area (Å²) < 4.78 is 12.4. The summed E-state index contributed by atoms with van der Waals surface area (Å²) in [5.74, 6) is -0.375. The first-order valence-electron chi connectivity index (χ1n) is 15.2. The quantitative estimate of drug-likeness (QED) is 0.274. The van der Waals surface area contributed by atoms with Gasteiger partial charge < -0.3 is 19.7 Å². The Morgan fingerprint density at radius 1 is 1.05 bits per heavy atom. The number of carbonyl (C=O) groups excluding carboxylic acids is 2. The van der Waals surface area contributed by atoms with Crippen LogP contribution in [0.2, 0.25) is 10.0 Å². The zero-order valence-electron chi connectivity index (χ0n) is 23.9. The van der Waals surface area contributed by atoms with E-state index in [0.717, 1.165) is 24.2 Å². The number of rotatable bonds is 7. The van der Waals surface area contributed by atoms with Gasteiger partial charge >= 0.3 is 11.9 Å². The van der Waals surface area contributed by atoms with Crippen molar-refractivity contribution in [2.75, 3.05) is 13.1 Å². The molecule has 0 unspecified atom stereocenters. The van der Waals surface area contributed by atoms with Crippen molar-refractivity contribution in [1.82, 2.24) is 4.90 Å². The van der Waals surface area contributed by atoms with E-state index in [9.17, 15) is 24.6 Å². The molecule has 1 spiro atoms. The molecule has 8 rings (SSSR count). The van der Waals surface area contributed by atoms with E-state index < -0.39 is 29.1 Å². The largest absolute Gasteiger partial charge is 0.481 e. The number of fused-ring (bicyclic) bond motifs is 1. The molecule has 1 saturated heterocycles. The number of carboxylic acid groups (broad SMARTS) is 1. The van der Waals surface area contributed by atoms with E-state index in [1.54, 1.807) is 30.3 Å². The number of Topliss-reactive ketones (excluding diaryl/α,β-unsaturated/α-hetero) is 1. The van der Waals surface area contributed by atoms with Gasteiger partial charge in [-0.2, -0.15) is 0 Å². The van der Waals surface area contributed by atoms with Gasteiger partial charge in [-0.25, -0.2) is 0 Å². The van der Waals surface area contributed by atoms with Crippen LogP contribution in [0.3, 0.4) is 0 Å². The number of hydrogen-bond acceptors (Lipinski definition) is 7. The fraction of sp³-hybridized carbons (Fsp3) is 0.441. The lowest BCUT2D eigenvalue weighted by molar-refractivity contribution is -0.188. The molecule has 2 saturated carbocycles. The number of carbonyl (C=O) groups is 3. The first-order chi connectivity index (χ1) is 21.1. The van der Waals surface area contributed by atoms with Crippen molar-refractivity contribution in [2.45, 2.75) is 74.5 Å². The molecule has 3 aliphatic carbocycles. The predicted molar refractivity (Wildman–Crippen MR) is 163 cm³/mol. The summed E-state index contributed by atoms with van der Waals surface area (Å²) in [6.45, 7) is 1.75. The van der Waals surface area contributed by atoms with Crippen LogP contribution in [0, 0.1) is 5.92 Å². The summed E-state index contributed by atoms with van der Waals surface area (Å²) in [4.78, 5) is 40.9. The first-order valence-corrected chi connectivity index (χ1v) is 16.0. The normalized spacial score (nSPS) is 28.5. The molecule has 228 valence electrons. The van der Waals surface area contributed by atoms with Gasteiger partial charge in [-0.15, -0.1) is 0 Å². The van der Waals surface area contributed by atoms with Gasteiger partial charge in [0.1, 0.15) is 0 Å². The Labute approximate surface area is 263 Å². The lowest BCUT2D eigenvalue weighted by atomic mass is 9.49. The minimum atomic E-state index is -1.11. The van der Waals surface area contributed by atoms with E-state index in [1.165, 1.54) is 12.8 Å². The zero-order valence-corrected chi connectivity index (χ0v) is 25.4. The molecule has 4 atom stereocenters. The second-order valence-corrected chi connectivity index (χ2v) is 14.0. The van der Waals surface area contributed by atoms with E-state index in [2.05, 4.69) is 4.90 Å². The van der Waals surface area contributed by atoms with Crippen molar-refractivity contribution in [1.29, 1.82) is 0 Å². The number of halogens is 2. The van der Waals surface area contributed by atoms with E-state index in [-0.39, 0.29) is 36.8 Å². The highest BCUT2D eigenvalue weighted by Gasteiger charge is 2.73. The van der Waals surface area contributed by atoms with Crippen LogP contribution < -0.4 is 9.47 Å². The molecule has 2 heterocycles. The highest BCUT2D eigenvalue weighted by molar-refractivity contribution is 6.33. The van der Waals surface area contributed by atoms with Crippen LogP contribution in [0.4, 0.5) is 0 Å². The van der Waals surface area contributed by atoms with Gasteiger partial charge in [-0.1, -0.05) is 29.3 Å². The Bertz CT molecular complexity index is 1780. The SMILES string of the molecule is O=C(O)Cc1cc(Cl)cc2cc(Cl)cc(CC(=O)Oc3ccc4c5c3O[C@H]3C(=O)CC[C@@]6(O)[C@@H](C4)N(CC4CC4)CC[C@]536)c12. The van der Waals surface area contributed by atoms with Crippen molar-refractivity contribution in [3.8, 4) is 11.5 Å². The molecular weight excluding hydrogens is 605 g/mol. The number of ketones is 1. The minimum Gasteiger partial charge on any atom is -0.481 e. The number of esters is 1. The molecule has 3 fully saturated rings. The Balaban J connectivity index is 1.15. The van der Waals surface area contributed by atoms with Gasteiger partial charge in [0.15, 0.2) is 23.4 Å². The molecule has 3 aromatic rings. The van der Waals surface area contributed by atoms with Gasteiger partial charge in [0.05, 0.1) is 23.9 Å². The van der Waals surface area contributed by atoms with E-state index in [1.807, 2.05) is 6.07 Å². The number of aliphatic carboxylic acids is 1. The number of piperidine rings is 1. The summed E-state index contributed by atoms with van der Waals surface area (Å²) in [5, 5.41) is 24.0. The van der Waals surface area contributed by atoms with E-state index >= 15 is 0 Å². The Morgan fingerprint density at radius 2 is 1.77 bits per heavy atom. The lowest BCUT2D eigenvalue weighted by Gasteiger charge is -2.62. The summed E-state index contributed by atoms with van der Waals surface area (Å²) >= 11 is 12.7. The highest BCUT2D eigenvalue weighted by atomic mass is 35.5. The summed E-state index contributed by atoms with van der Waals surface area (Å²) in [6, 6.07) is 10.2. The molecule has 10 heteroatoms. The van der Waals surface area contributed by atoms with Crippen LogP contribution in [-0.2, 0) is 39.1 Å². The molecule has 2 bridgehead atoms. The van der Waals surface area contributed by atoms with Crippen LogP contribution in [0.5, 0.6) is 11.5 Å². The van der Waals surface area contributed by atoms with Crippen LogP contribution >= 0.6 is 23.2 Å². The molecule has 44 heavy (non-hydrogen) atoms. The third kappa shape index (κ3) is 4.14. The highest BCUT2D eigenvalue weighted by Crippen LogP contribution is 2.65. The van der Waals surface area contributed by atoms with E-state index in [0.29, 0.717) is 62.9 Å². The van der Waals surface area contributed by atoms with Gasteiger partial charge in [-0.05, 0) is 102 Å². The topological polar surface area (TPSA) is 113 Å². The number of ether oxygens (including phenoxy) is 2. The maximum absolute atomic E-state index is 13.5. The standard InChI is InChI=1S/C34H31Cl2NO7/c35-22-9-19-10-23(36)12-21(29(19)20(11-22)14-27(39)40)15-28(41)43-25-4-3-18-13-26-34(42)6-5-24(38)32-33(34,30(18)31(25)44-32)7-8-37(26)16-17-1-2-17/h3-4,9-12,17,26,32,42H,1-2,5-8,13-16H2,(H,39,40)/t26-,32+,33+,34-/m1/s1. The third-order valence-corrected chi connectivity index (χ3v) is 11.0. The van der Waals surface area contributed by atoms with Crippen molar-refractivity contribution in [2.24, 2.45) is 5.92 Å². The van der Waals surface area contributed by atoms with Gasteiger partial charge in [-0.3, -0.25) is 19.3 Å². The number of aliphatic hydroxyl groups is 1. The molecule has 2 N–H and O–H groups in total. The number of carboxylic acids is 1. The number of likely N-dealkylation sites (tertiary alicyclic amines) is 1. The molecule has 5 aliphatic rings. The van der Waals surface area contributed by atoms with E-state index in [4.69, 9.17) is 32.7 Å². The van der Waals surface area contributed by atoms with Gasteiger partial charge in [0.25, 0.3) is 0 Å². The maximum atomic E-state index is 13.5. The smallest absolute Gasteiger partial charge is 0.315 e. The maximum Gasteiger partial charge on any atom is 0.315 e. The second-order valence-electron chi connectivity index (χ2n) is 13.1. The zero-order chi connectivity index (χ0) is 30.5. The van der Waals surface area contributed by atoms with Crippen LogP contribution in [0.1, 0.15) is 54.4 Å².